The van der Waals surface area contributed by atoms with Gasteiger partial charge in [-0.05, 0) is 64.2 Å². The van der Waals surface area contributed by atoms with Crippen LogP contribution in [0, 0.1) is 0 Å². The van der Waals surface area contributed by atoms with Crippen molar-refractivity contribution in [3.63, 3.8) is 0 Å². The monoisotopic (exact) mass is 633 g/mol. The Hall–Kier alpha value is -1.58. The van der Waals surface area contributed by atoms with E-state index < -0.39 is 5.97 Å². The second kappa shape index (κ2) is 36.9. The summed E-state index contributed by atoms with van der Waals surface area (Å²) in [6.07, 6.45) is 46.2. The van der Waals surface area contributed by atoms with Gasteiger partial charge in [-0.1, -0.05) is 167 Å². The molecule has 0 fully saturated rings. The number of aliphatic carboxylic acids is 1. The molecule has 4 nitrogen and oxygen atoms in total. The number of carbonyl (C=O) groups is 2. The van der Waals surface area contributed by atoms with Crippen LogP contribution in [0.15, 0.2) is 24.3 Å². The summed E-state index contributed by atoms with van der Waals surface area (Å²) >= 11 is 0. The van der Waals surface area contributed by atoms with Gasteiger partial charge in [0.15, 0.2) is 0 Å². The second-order valence-corrected chi connectivity index (χ2v) is 13.5. The number of carbonyl (C=O) groups excluding carboxylic acids is 1. The Balaban J connectivity index is 4.03. The maximum absolute atomic E-state index is 12.6. The van der Waals surface area contributed by atoms with Crippen molar-refractivity contribution in [1.29, 1.82) is 0 Å². The fourth-order valence-corrected chi connectivity index (χ4v) is 5.99. The quantitative estimate of drug-likeness (QED) is 0.0424. The first-order valence-corrected chi connectivity index (χ1v) is 19.8. The van der Waals surface area contributed by atoms with Gasteiger partial charge in [0, 0.05) is 12.8 Å². The van der Waals surface area contributed by atoms with Crippen LogP contribution in [0.1, 0.15) is 219 Å². The molecule has 0 saturated heterocycles. The van der Waals surface area contributed by atoms with Crippen LogP contribution in [-0.4, -0.2) is 23.1 Å². The van der Waals surface area contributed by atoms with E-state index >= 15 is 0 Å². The maximum Gasteiger partial charge on any atom is 0.306 e. The van der Waals surface area contributed by atoms with Crippen LogP contribution in [0.4, 0.5) is 0 Å². The summed E-state index contributed by atoms with van der Waals surface area (Å²) in [6.45, 7) is 4.52. The van der Waals surface area contributed by atoms with Crippen molar-refractivity contribution in [2.24, 2.45) is 0 Å². The Kier molecular flexibility index (Phi) is 35.6. The molecule has 4 heteroatoms. The largest absolute Gasteiger partial charge is 0.481 e. The molecule has 0 saturated carbocycles. The molecule has 0 aromatic carbocycles. The SMILES string of the molecule is CCCCC/C=C\C/C=C\CCCC(CCCCCCCC(=O)O)OC(=O)CCCCCCCCCCCCCCCCCC. The maximum atomic E-state index is 12.6. The van der Waals surface area contributed by atoms with Crippen molar-refractivity contribution < 1.29 is 19.4 Å². The number of esters is 1. The van der Waals surface area contributed by atoms with Crippen LogP contribution in [0.5, 0.6) is 0 Å². The first kappa shape index (κ1) is 43.4. The van der Waals surface area contributed by atoms with E-state index in [1.54, 1.807) is 0 Å². The lowest BCUT2D eigenvalue weighted by molar-refractivity contribution is -0.150. The van der Waals surface area contributed by atoms with E-state index in [4.69, 9.17) is 9.84 Å². The number of carboxylic acids is 1. The molecular formula is C41H76O4. The number of ether oxygens (including phenoxy) is 1. The number of carboxylic acid groups (broad SMARTS) is 1. The average Bonchev–Trinajstić information content (AvgIpc) is 3.02. The highest BCUT2D eigenvalue weighted by Gasteiger charge is 2.14. The molecule has 0 aromatic heterocycles. The smallest absolute Gasteiger partial charge is 0.306 e. The van der Waals surface area contributed by atoms with Crippen molar-refractivity contribution in [2.75, 3.05) is 0 Å². The second-order valence-electron chi connectivity index (χ2n) is 13.5. The molecule has 0 aliphatic carbocycles. The third kappa shape index (κ3) is 36.8. The standard InChI is InChI=1S/C41H76O4/c1-3-5-7-9-11-13-15-16-17-18-19-21-23-25-30-34-38-41(44)45-39(36-32-28-26-29-33-37-40(42)43)35-31-27-24-22-20-14-12-10-8-6-4-2/h12,14,22,24,39H,3-11,13,15-21,23,25-38H2,1-2H3,(H,42,43)/b14-12-,24-22-. The number of unbranched alkanes of at least 4 members (excludes halogenated alkanes) is 23. The molecule has 0 bridgehead atoms. The van der Waals surface area contributed by atoms with E-state index in [9.17, 15) is 9.59 Å². The Morgan fingerprint density at radius 2 is 0.889 bits per heavy atom. The van der Waals surface area contributed by atoms with Gasteiger partial charge in [-0.3, -0.25) is 9.59 Å². The van der Waals surface area contributed by atoms with Crippen molar-refractivity contribution in [1.82, 2.24) is 0 Å². The molecule has 0 spiro atoms. The number of rotatable bonds is 36. The molecule has 1 N–H and O–H groups in total. The number of hydrogen-bond acceptors (Lipinski definition) is 3. The van der Waals surface area contributed by atoms with Crippen molar-refractivity contribution in [2.45, 2.75) is 225 Å². The van der Waals surface area contributed by atoms with Crippen LogP contribution in [0.25, 0.3) is 0 Å². The summed E-state index contributed by atoms with van der Waals surface area (Å²) in [4.78, 5) is 23.3. The van der Waals surface area contributed by atoms with Crippen molar-refractivity contribution in [3.05, 3.63) is 24.3 Å². The van der Waals surface area contributed by atoms with Crippen molar-refractivity contribution in [3.8, 4) is 0 Å². The van der Waals surface area contributed by atoms with Gasteiger partial charge in [0.05, 0.1) is 0 Å². The molecule has 0 amide bonds. The lowest BCUT2D eigenvalue weighted by atomic mass is 10.0. The predicted molar refractivity (Wildman–Crippen MR) is 195 cm³/mol. The van der Waals surface area contributed by atoms with Crippen LogP contribution < -0.4 is 0 Å². The Morgan fingerprint density at radius 3 is 1.40 bits per heavy atom. The summed E-state index contributed by atoms with van der Waals surface area (Å²) in [5, 5.41) is 8.81. The van der Waals surface area contributed by atoms with Crippen LogP contribution in [-0.2, 0) is 14.3 Å². The van der Waals surface area contributed by atoms with E-state index in [-0.39, 0.29) is 18.5 Å². The van der Waals surface area contributed by atoms with E-state index in [0.717, 1.165) is 77.0 Å². The van der Waals surface area contributed by atoms with Gasteiger partial charge in [-0.2, -0.15) is 0 Å². The van der Waals surface area contributed by atoms with Gasteiger partial charge < -0.3 is 9.84 Å². The molecule has 45 heavy (non-hydrogen) atoms. The zero-order valence-electron chi connectivity index (χ0n) is 30.2. The first-order valence-electron chi connectivity index (χ1n) is 19.8. The van der Waals surface area contributed by atoms with E-state index in [0.29, 0.717) is 6.42 Å². The molecule has 0 aliphatic rings. The third-order valence-corrected chi connectivity index (χ3v) is 8.93. The molecule has 0 heterocycles. The Morgan fingerprint density at radius 1 is 0.489 bits per heavy atom. The topological polar surface area (TPSA) is 63.6 Å². The van der Waals surface area contributed by atoms with Gasteiger partial charge >= 0.3 is 11.9 Å². The average molecular weight is 633 g/mol. The first-order chi connectivity index (χ1) is 22.1. The fourth-order valence-electron chi connectivity index (χ4n) is 5.99. The van der Waals surface area contributed by atoms with Gasteiger partial charge in [0.2, 0.25) is 0 Å². The summed E-state index contributed by atoms with van der Waals surface area (Å²) in [6, 6.07) is 0. The normalized spacial score (nSPS) is 12.4. The molecular weight excluding hydrogens is 556 g/mol. The van der Waals surface area contributed by atoms with Crippen LogP contribution in [0.2, 0.25) is 0 Å². The Labute approximate surface area is 280 Å². The van der Waals surface area contributed by atoms with Gasteiger partial charge in [0.1, 0.15) is 6.10 Å². The molecule has 1 unspecified atom stereocenters. The van der Waals surface area contributed by atoms with Gasteiger partial charge in [0.25, 0.3) is 0 Å². The number of allylic oxidation sites excluding steroid dienone is 4. The highest BCUT2D eigenvalue weighted by molar-refractivity contribution is 5.69. The minimum Gasteiger partial charge on any atom is -0.481 e. The van der Waals surface area contributed by atoms with Gasteiger partial charge in [-0.15, -0.1) is 0 Å². The van der Waals surface area contributed by atoms with E-state index in [1.165, 1.54) is 116 Å². The molecule has 0 radical (unpaired) electrons. The Bertz CT molecular complexity index is 683. The van der Waals surface area contributed by atoms with Crippen LogP contribution >= 0.6 is 0 Å². The summed E-state index contributed by atoms with van der Waals surface area (Å²) in [5.74, 6) is -0.723. The predicted octanol–water partition coefficient (Wildman–Crippen LogP) is 13.6. The number of hydrogen-bond donors (Lipinski definition) is 1. The third-order valence-electron chi connectivity index (χ3n) is 8.93. The highest BCUT2D eigenvalue weighted by Crippen LogP contribution is 2.18. The lowest BCUT2D eigenvalue weighted by Crippen LogP contribution is -2.18. The van der Waals surface area contributed by atoms with Crippen LogP contribution in [0.3, 0.4) is 0 Å². The zero-order chi connectivity index (χ0) is 32.9. The lowest BCUT2D eigenvalue weighted by Gasteiger charge is -2.18. The molecule has 0 rings (SSSR count). The zero-order valence-corrected chi connectivity index (χ0v) is 30.2. The minimum atomic E-state index is -0.705. The molecule has 264 valence electrons. The fraction of sp³-hybridized carbons (Fsp3) is 0.854. The minimum absolute atomic E-state index is 0.0180. The summed E-state index contributed by atoms with van der Waals surface area (Å²) < 4.78 is 5.97. The van der Waals surface area contributed by atoms with E-state index in [2.05, 4.69) is 38.2 Å². The highest BCUT2D eigenvalue weighted by atomic mass is 16.5. The molecule has 1 atom stereocenters. The van der Waals surface area contributed by atoms with E-state index in [1.807, 2.05) is 0 Å². The molecule has 0 aliphatic heterocycles. The summed E-state index contributed by atoms with van der Waals surface area (Å²) in [5.41, 5.74) is 0. The molecule has 0 aromatic rings. The van der Waals surface area contributed by atoms with Crippen molar-refractivity contribution >= 4 is 11.9 Å². The summed E-state index contributed by atoms with van der Waals surface area (Å²) in [7, 11) is 0. The van der Waals surface area contributed by atoms with Gasteiger partial charge in [-0.25, -0.2) is 0 Å².